The first-order valence-corrected chi connectivity index (χ1v) is 12.5. The number of nitrogens with zero attached hydrogens (tertiary/aromatic N) is 3. The fraction of sp³-hybridized carbons (Fsp3) is 0.348. The second-order valence-electron chi connectivity index (χ2n) is 7.99. The van der Waals surface area contributed by atoms with E-state index in [0.717, 1.165) is 21.4 Å². The van der Waals surface area contributed by atoms with Crippen molar-refractivity contribution in [1.82, 2.24) is 19.7 Å². The van der Waals surface area contributed by atoms with Crippen LogP contribution in [0.1, 0.15) is 23.6 Å². The molecular formula is C23H21ClF6N4O2S. The Labute approximate surface area is 216 Å². The van der Waals surface area contributed by atoms with Crippen LogP contribution >= 0.6 is 23.4 Å². The summed E-state index contributed by atoms with van der Waals surface area (Å²) < 4.78 is 79.5. The summed E-state index contributed by atoms with van der Waals surface area (Å²) in [5.74, 6) is -0.600. The quantitative estimate of drug-likeness (QED) is 0.345. The molecule has 37 heavy (non-hydrogen) atoms. The molecule has 2 aromatic carbocycles. The molecule has 3 aromatic rings. The minimum absolute atomic E-state index is 0.0859. The van der Waals surface area contributed by atoms with Crippen molar-refractivity contribution in [2.24, 2.45) is 0 Å². The number of carbonyl (C=O) groups is 1. The molecule has 1 amide bonds. The van der Waals surface area contributed by atoms with Gasteiger partial charge in [0, 0.05) is 22.9 Å². The average Bonchev–Trinajstić information content (AvgIpc) is 3.12. The molecule has 3 rings (SSSR count). The van der Waals surface area contributed by atoms with E-state index in [1.807, 2.05) is 0 Å². The normalized spacial score (nSPS) is 13.0. The van der Waals surface area contributed by atoms with E-state index in [9.17, 15) is 35.9 Å². The van der Waals surface area contributed by atoms with Gasteiger partial charge in [0.15, 0.2) is 5.82 Å². The topological polar surface area (TPSA) is 68.9 Å². The molecule has 200 valence electrons. The van der Waals surface area contributed by atoms with Crippen LogP contribution < -0.4 is 11.0 Å². The monoisotopic (exact) mass is 566 g/mol. The van der Waals surface area contributed by atoms with Gasteiger partial charge in [-0.1, -0.05) is 23.7 Å². The minimum Gasteiger partial charge on any atom is -0.347 e. The van der Waals surface area contributed by atoms with E-state index in [-0.39, 0.29) is 17.1 Å². The standard InChI is InChI=1S/C23H21ClF6N4O2S/c1-37-13-18(15-3-2-4-16(11-15)23(28,29)30)31-19(35)12-34-21(36)33(10-9-22(25,26)27)20(32-34)14-5-7-17(24)8-6-14/h2-8,11,18H,9-10,12-13H2,1H3,(H,31,35). The van der Waals surface area contributed by atoms with Crippen molar-refractivity contribution in [2.75, 3.05) is 12.0 Å². The van der Waals surface area contributed by atoms with Crippen molar-refractivity contribution < 1.29 is 31.1 Å². The van der Waals surface area contributed by atoms with Crippen LogP contribution in [-0.2, 0) is 24.1 Å². The first-order valence-electron chi connectivity index (χ1n) is 10.7. The third kappa shape index (κ3) is 7.78. The van der Waals surface area contributed by atoms with Crippen molar-refractivity contribution in [2.45, 2.75) is 37.9 Å². The summed E-state index contributed by atoms with van der Waals surface area (Å²) in [5, 5.41) is 7.01. The zero-order valence-electron chi connectivity index (χ0n) is 19.2. The number of hydrogen-bond donors (Lipinski definition) is 1. The van der Waals surface area contributed by atoms with Gasteiger partial charge in [0.25, 0.3) is 0 Å². The van der Waals surface area contributed by atoms with Gasteiger partial charge in [0.2, 0.25) is 5.91 Å². The molecule has 0 saturated heterocycles. The number of amides is 1. The predicted molar refractivity (Wildman–Crippen MR) is 128 cm³/mol. The van der Waals surface area contributed by atoms with Crippen molar-refractivity contribution in [3.8, 4) is 11.4 Å². The van der Waals surface area contributed by atoms with E-state index in [0.29, 0.717) is 10.6 Å². The van der Waals surface area contributed by atoms with E-state index in [2.05, 4.69) is 10.4 Å². The maximum atomic E-state index is 13.1. The molecule has 1 aromatic heterocycles. The van der Waals surface area contributed by atoms with Crippen LogP contribution in [0.5, 0.6) is 0 Å². The number of thioether (sulfide) groups is 1. The number of hydrogen-bond acceptors (Lipinski definition) is 4. The number of rotatable bonds is 9. The molecule has 1 N–H and O–H groups in total. The molecule has 0 spiro atoms. The summed E-state index contributed by atoms with van der Waals surface area (Å²) in [6.07, 6.45) is -8.70. The summed E-state index contributed by atoms with van der Waals surface area (Å²) in [6.45, 7) is -1.37. The molecular weight excluding hydrogens is 546 g/mol. The number of alkyl halides is 6. The van der Waals surface area contributed by atoms with Crippen LogP contribution in [0.25, 0.3) is 11.4 Å². The number of nitrogens with one attached hydrogen (secondary N) is 1. The van der Waals surface area contributed by atoms with Crippen LogP contribution in [0.3, 0.4) is 0 Å². The second kappa shape index (κ2) is 11.6. The van der Waals surface area contributed by atoms with Gasteiger partial charge in [-0.15, -0.1) is 5.10 Å². The molecule has 0 saturated carbocycles. The van der Waals surface area contributed by atoms with Gasteiger partial charge in [0.05, 0.1) is 18.0 Å². The van der Waals surface area contributed by atoms with Crippen molar-refractivity contribution in [3.05, 3.63) is 75.2 Å². The summed E-state index contributed by atoms with van der Waals surface area (Å²) in [4.78, 5) is 25.7. The fourth-order valence-corrected chi connectivity index (χ4v) is 4.23. The van der Waals surface area contributed by atoms with Gasteiger partial charge >= 0.3 is 18.0 Å². The summed E-state index contributed by atoms with van der Waals surface area (Å²) in [6, 6.07) is 9.58. The highest BCUT2D eigenvalue weighted by Crippen LogP contribution is 2.31. The molecule has 6 nitrogen and oxygen atoms in total. The Morgan fingerprint density at radius 3 is 2.38 bits per heavy atom. The van der Waals surface area contributed by atoms with Gasteiger partial charge < -0.3 is 5.32 Å². The lowest BCUT2D eigenvalue weighted by molar-refractivity contribution is -0.138. The lowest BCUT2D eigenvalue weighted by Crippen LogP contribution is -2.36. The Morgan fingerprint density at radius 2 is 1.78 bits per heavy atom. The van der Waals surface area contributed by atoms with Gasteiger partial charge in [-0.25, -0.2) is 9.48 Å². The van der Waals surface area contributed by atoms with Gasteiger partial charge in [-0.2, -0.15) is 38.1 Å². The Hall–Kier alpha value is -2.93. The van der Waals surface area contributed by atoms with Gasteiger partial charge in [0.1, 0.15) is 6.54 Å². The van der Waals surface area contributed by atoms with Gasteiger partial charge in [-0.3, -0.25) is 9.36 Å². The molecule has 0 radical (unpaired) electrons. The fourth-order valence-electron chi connectivity index (χ4n) is 3.49. The Kier molecular flexibility index (Phi) is 9.00. The Balaban J connectivity index is 1.88. The zero-order valence-corrected chi connectivity index (χ0v) is 20.8. The molecule has 14 heteroatoms. The van der Waals surface area contributed by atoms with Crippen molar-refractivity contribution >= 4 is 29.3 Å². The molecule has 0 bridgehead atoms. The highest BCUT2D eigenvalue weighted by atomic mass is 35.5. The van der Waals surface area contributed by atoms with Gasteiger partial charge in [-0.05, 0) is 48.2 Å². The van der Waals surface area contributed by atoms with Crippen LogP contribution in [-0.4, -0.2) is 38.4 Å². The maximum Gasteiger partial charge on any atom is 0.416 e. The Bertz CT molecular complexity index is 1290. The van der Waals surface area contributed by atoms with E-state index < -0.39 is 55.1 Å². The highest BCUT2D eigenvalue weighted by molar-refractivity contribution is 7.98. The van der Waals surface area contributed by atoms with Crippen molar-refractivity contribution in [1.29, 1.82) is 0 Å². The lowest BCUT2D eigenvalue weighted by Gasteiger charge is -2.19. The largest absolute Gasteiger partial charge is 0.416 e. The highest BCUT2D eigenvalue weighted by Gasteiger charge is 2.31. The van der Waals surface area contributed by atoms with Crippen LogP contribution in [0.4, 0.5) is 26.3 Å². The summed E-state index contributed by atoms with van der Waals surface area (Å²) >= 11 is 7.15. The van der Waals surface area contributed by atoms with Crippen LogP contribution in [0.2, 0.25) is 5.02 Å². The Morgan fingerprint density at radius 1 is 1.11 bits per heavy atom. The first-order chi connectivity index (χ1) is 17.3. The number of carbonyl (C=O) groups excluding carboxylic acids is 1. The molecule has 1 heterocycles. The van der Waals surface area contributed by atoms with Crippen molar-refractivity contribution in [3.63, 3.8) is 0 Å². The number of aromatic nitrogens is 3. The van der Waals surface area contributed by atoms with E-state index in [1.54, 1.807) is 6.26 Å². The van der Waals surface area contributed by atoms with E-state index in [1.165, 1.54) is 48.2 Å². The van der Waals surface area contributed by atoms with E-state index in [4.69, 9.17) is 11.6 Å². The average molecular weight is 567 g/mol. The minimum atomic E-state index is -4.57. The molecule has 0 aliphatic heterocycles. The molecule has 1 atom stereocenters. The third-order valence-corrected chi connectivity index (χ3v) is 6.14. The van der Waals surface area contributed by atoms with E-state index >= 15 is 0 Å². The first kappa shape index (κ1) is 28.6. The number of benzene rings is 2. The zero-order chi connectivity index (χ0) is 27.4. The maximum absolute atomic E-state index is 13.1. The second-order valence-corrected chi connectivity index (χ2v) is 9.33. The number of halogens is 7. The molecule has 0 aliphatic rings. The van der Waals surface area contributed by atoms with Crippen LogP contribution in [0.15, 0.2) is 53.3 Å². The molecule has 0 fully saturated rings. The lowest BCUT2D eigenvalue weighted by atomic mass is 10.0. The smallest absolute Gasteiger partial charge is 0.347 e. The predicted octanol–water partition coefficient (Wildman–Crippen LogP) is 5.56. The molecule has 0 aliphatic carbocycles. The third-order valence-electron chi connectivity index (χ3n) is 5.22. The summed E-state index contributed by atoms with van der Waals surface area (Å²) in [5.41, 5.74) is -1.29. The van der Waals surface area contributed by atoms with Crippen LogP contribution in [0, 0.1) is 0 Å². The SMILES string of the molecule is CSCC(NC(=O)Cn1nc(-c2ccc(Cl)cc2)n(CCC(F)(F)F)c1=O)c1cccc(C(F)(F)F)c1. The summed E-state index contributed by atoms with van der Waals surface area (Å²) in [7, 11) is 0. The molecule has 1 unspecified atom stereocenters.